The molecule has 0 bridgehead atoms. The van der Waals surface area contributed by atoms with Crippen LogP contribution in [0.15, 0.2) is 24.5 Å². The van der Waals surface area contributed by atoms with Crippen molar-refractivity contribution in [2.45, 2.75) is 20.1 Å². The second-order valence-corrected chi connectivity index (χ2v) is 2.97. The topological polar surface area (TPSA) is 73.3 Å². The van der Waals surface area contributed by atoms with Crippen molar-refractivity contribution < 1.29 is 18.9 Å². The summed E-state index contributed by atoms with van der Waals surface area (Å²) in [6.07, 6.45) is 3.55. The van der Waals surface area contributed by atoms with Gasteiger partial charge in [0.2, 0.25) is 0 Å². The van der Waals surface area contributed by atoms with Crippen molar-refractivity contribution in [3.8, 4) is 0 Å². The average molecular weight is 209 g/mol. The molecule has 0 fully saturated rings. The number of amides is 1. The largest absolute Gasteiger partial charge is 0.405 e. The zero-order valence-corrected chi connectivity index (χ0v) is 8.47. The van der Waals surface area contributed by atoms with Gasteiger partial charge in [0.1, 0.15) is 5.56 Å². The summed E-state index contributed by atoms with van der Waals surface area (Å²) in [6.45, 7) is 1.81. The first-order valence-electron chi connectivity index (χ1n) is 4.58. The van der Waals surface area contributed by atoms with Gasteiger partial charge < -0.3 is 10.5 Å². The minimum Gasteiger partial charge on any atom is -0.405 e. The van der Waals surface area contributed by atoms with Crippen LogP contribution in [0.4, 0.5) is 0 Å². The quantitative estimate of drug-likeness (QED) is 0.559. The second kappa shape index (κ2) is 5.09. The van der Waals surface area contributed by atoms with E-state index in [1.54, 1.807) is 29.8 Å². The minimum atomic E-state index is -0.508. The lowest BCUT2D eigenvalue weighted by molar-refractivity contribution is -0.727. The molecule has 1 heterocycles. The summed E-state index contributed by atoms with van der Waals surface area (Å²) >= 11 is 0. The van der Waals surface area contributed by atoms with Crippen LogP contribution in [-0.2, 0) is 16.3 Å². The van der Waals surface area contributed by atoms with E-state index >= 15 is 0 Å². The molecule has 2 N–H and O–H groups in total. The number of carbonyl (C=O) groups excluding carboxylic acids is 2. The van der Waals surface area contributed by atoms with Crippen LogP contribution in [0.1, 0.15) is 23.7 Å². The molecule has 1 aromatic heterocycles. The van der Waals surface area contributed by atoms with Crippen molar-refractivity contribution in [3.63, 3.8) is 0 Å². The Kier molecular flexibility index (Phi) is 3.79. The number of nitrogens with two attached hydrogens (primary N) is 1. The summed E-state index contributed by atoms with van der Waals surface area (Å²) in [5.41, 5.74) is 5.48. The molecule has 0 aliphatic heterocycles. The van der Waals surface area contributed by atoms with Crippen molar-refractivity contribution in [3.05, 3.63) is 30.1 Å². The van der Waals surface area contributed by atoms with Crippen LogP contribution in [0.2, 0.25) is 0 Å². The van der Waals surface area contributed by atoms with Gasteiger partial charge in [0.15, 0.2) is 12.4 Å². The Morgan fingerprint density at radius 2 is 2.27 bits per heavy atom. The minimum absolute atomic E-state index is 0.0911. The number of rotatable bonds is 4. The number of primary amides is 1. The van der Waals surface area contributed by atoms with Gasteiger partial charge in [-0.2, -0.15) is 4.57 Å². The van der Waals surface area contributed by atoms with Gasteiger partial charge in [0.25, 0.3) is 12.6 Å². The Morgan fingerprint density at radius 3 is 2.87 bits per heavy atom. The van der Waals surface area contributed by atoms with E-state index in [1.165, 1.54) is 6.20 Å². The molecular weight excluding hydrogens is 196 g/mol. The maximum absolute atomic E-state index is 10.9. The molecule has 1 aromatic rings. The van der Waals surface area contributed by atoms with Gasteiger partial charge in [-0.15, -0.1) is 0 Å². The molecule has 0 aliphatic rings. The molecule has 5 heteroatoms. The zero-order chi connectivity index (χ0) is 11.3. The first-order chi connectivity index (χ1) is 7.13. The lowest BCUT2D eigenvalue weighted by Gasteiger charge is -1.99. The highest BCUT2D eigenvalue weighted by Crippen LogP contribution is 1.92. The predicted molar refractivity (Wildman–Crippen MR) is 51.5 cm³/mol. The van der Waals surface area contributed by atoms with Crippen molar-refractivity contribution >= 4 is 11.9 Å². The third-order valence-corrected chi connectivity index (χ3v) is 1.81. The molecule has 0 atom stereocenters. The highest BCUT2D eigenvalue weighted by molar-refractivity contribution is 5.92. The Morgan fingerprint density at radius 1 is 1.53 bits per heavy atom. The molecule has 15 heavy (non-hydrogen) atoms. The third kappa shape index (κ3) is 3.38. The molecule has 1 amide bonds. The second-order valence-electron chi connectivity index (χ2n) is 2.97. The van der Waals surface area contributed by atoms with E-state index in [9.17, 15) is 9.59 Å². The van der Waals surface area contributed by atoms with Gasteiger partial charge >= 0.3 is 5.97 Å². The third-order valence-electron chi connectivity index (χ3n) is 1.81. The maximum atomic E-state index is 10.9. The maximum Gasteiger partial charge on any atom is 0.310 e. The summed E-state index contributed by atoms with van der Waals surface area (Å²) in [5, 5.41) is 0. The number of hydrogen-bond donors (Lipinski definition) is 1. The number of nitrogens with zero attached hydrogens (tertiary/aromatic N) is 1. The van der Waals surface area contributed by atoms with Gasteiger partial charge in [-0.25, -0.2) is 0 Å². The lowest BCUT2D eigenvalue weighted by atomic mass is 10.3. The van der Waals surface area contributed by atoms with Crippen LogP contribution < -0.4 is 10.3 Å². The van der Waals surface area contributed by atoms with E-state index in [0.717, 1.165) is 0 Å². The SMILES string of the molecule is CCC(=O)OC[n+]1cccc(C(N)=O)c1. The molecule has 0 saturated carbocycles. The average Bonchev–Trinajstić information content (AvgIpc) is 2.26. The fraction of sp³-hybridized carbons (Fsp3) is 0.300. The van der Waals surface area contributed by atoms with Crippen LogP contribution in [0.3, 0.4) is 0 Å². The van der Waals surface area contributed by atoms with E-state index in [0.29, 0.717) is 12.0 Å². The summed E-state index contributed by atoms with van der Waals surface area (Å²) in [4.78, 5) is 21.7. The van der Waals surface area contributed by atoms with Gasteiger partial charge in [0, 0.05) is 12.5 Å². The lowest BCUT2D eigenvalue weighted by Crippen LogP contribution is -2.36. The molecule has 80 valence electrons. The molecule has 5 nitrogen and oxygen atoms in total. The first kappa shape index (κ1) is 11.2. The monoisotopic (exact) mass is 209 g/mol. The van der Waals surface area contributed by atoms with Crippen LogP contribution in [0, 0.1) is 0 Å². The van der Waals surface area contributed by atoms with Crippen LogP contribution in [-0.4, -0.2) is 11.9 Å². The number of ether oxygens (including phenoxy) is 1. The van der Waals surface area contributed by atoms with Crippen molar-refractivity contribution in [2.75, 3.05) is 0 Å². The van der Waals surface area contributed by atoms with Gasteiger partial charge in [-0.3, -0.25) is 9.59 Å². The molecule has 0 spiro atoms. The number of pyridine rings is 1. The molecule has 0 saturated heterocycles. The Labute approximate surface area is 87.5 Å². The smallest absolute Gasteiger partial charge is 0.310 e. The summed E-state index contributed by atoms with van der Waals surface area (Å²) < 4.78 is 6.46. The van der Waals surface area contributed by atoms with Gasteiger partial charge in [-0.05, 0) is 6.07 Å². The fourth-order valence-corrected chi connectivity index (χ4v) is 0.997. The molecular formula is C10H13N2O3+. The zero-order valence-electron chi connectivity index (χ0n) is 8.47. The summed E-state index contributed by atoms with van der Waals surface area (Å²) in [6, 6.07) is 3.26. The van der Waals surface area contributed by atoms with Gasteiger partial charge in [0.05, 0.1) is 0 Å². The number of aromatic nitrogens is 1. The van der Waals surface area contributed by atoms with E-state index in [1.807, 2.05) is 0 Å². The van der Waals surface area contributed by atoms with E-state index < -0.39 is 5.91 Å². The number of hydrogen-bond acceptors (Lipinski definition) is 3. The molecule has 0 aromatic carbocycles. The number of carbonyl (C=O) groups is 2. The van der Waals surface area contributed by atoms with E-state index in [2.05, 4.69) is 0 Å². The molecule has 1 rings (SSSR count). The predicted octanol–water partition coefficient (Wildman–Crippen LogP) is -0.0163. The highest BCUT2D eigenvalue weighted by atomic mass is 16.5. The van der Waals surface area contributed by atoms with Crippen molar-refractivity contribution in [2.24, 2.45) is 5.73 Å². The fourth-order valence-electron chi connectivity index (χ4n) is 0.997. The highest BCUT2D eigenvalue weighted by Gasteiger charge is 2.08. The van der Waals surface area contributed by atoms with Crippen molar-refractivity contribution in [1.29, 1.82) is 0 Å². The van der Waals surface area contributed by atoms with Gasteiger partial charge in [-0.1, -0.05) is 6.92 Å². The molecule has 0 unspecified atom stereocenters. The Balaban J connectivity index is 2.66. The molecule has 0 aliphatic carbocycles. The summed E-state index contributed by atoms with van der Waals surface area (Å²) in [7, 11) is 0. The molecule has 0 radical (unpaired) electrons. The standard InChI is InChI=1S/C10H12N2O3/c1-2-9(13)15-7-12-5-3-4-8(6-12)10(11)14/h3-6H,2,7H2,1H3,(H-,11,14)/p+1. The summed E-state index contributed by atoms with van der Waals surface area (Å²) in [5.74, 6) is -0.793. The van der Waals surface area contributed by atoms with Crippen molar-refractivity contribution in [1.82, 2.24) is 0 Å². The Hall–Kier alpha value is -1.91. The van der Waals surface area contributed by atoms with Crippen LogP contribution in [0.25, 0.3) is 0 Å². The first-order valence-corrected chi connectivity index (χ1v) is 4.58. The Bertz CT molecular complexity index is 377. The van der Waals surface area contributed by atoms with Crippen LogP contribution >= 0.6 is 0 Å². The van der Waals surface area contributed by atoms with E-state index in [4.69, 9.17) is 10.5 Å². The van der Waals surface area contributed by atoms with E-state index in [-0.39, 0.29) is 12.7 Å². The van der Waals surface area contributed by atoms with Crippen LogP contribution in [0.5, 0.6) is 0 Å². The number of esters is 1. The normalized spacial score (nSPS) is 9.67.